The molecule has 1 atom stereocenters. The van der Waals surface area contributed by atoms with E-state index in [0.29, 0.717) is 23.4 Å². The molecule has 26 heavy (non-hydrogen) atoms. The lowest BCUT2D eigenvalue weighted by Gasteiger charge is -2.32. The van der Waals surface area contributed by atoms with Crippen LogP contribution in [-0.2, 0) is 9.59 Å². The lowest BCUT2D eigenvalue weighted by atomic mass is 9.96. The minimum Gasteiger partial charge on any atom is -0.384 e. The Balaban J connectivity index is 1.93. The van der Waals surface area contributed by atoms with Gasteiger partial charge < -0.3 is 5.32 Å². The Morgan fingerprint density at radius 3 is 2.46 bits per heavy atom. The van der Waals surface area contributed by atoms with Crippen molar-refractivity contribution in [3.05, 3.63) is 29.3 Å². The monoisotopic (exact) mass is 357 g/mol. The van der Waals surface area contributed by atoms with Gasteiger partial charge in [0.2, 0.25) is 5.91 Å². The molecule has 2 aliphatic rings. The van der Waals surface area contributed by atoms with Crippen LogP contribution in [0.25, 0.3) is 0 Å². The van der Waals surface area contributed by atoms with Crippen LogP contribution in [0.15, 0.2) is 18.2 Å². The zero-order valence-corrected chi connectivity index (χ0v) is 15.5. The molecular weight excluding hydrogens is 334 g/mol. The van der Waals surface area contributed by atoms with Crippen molar-refractivity contribution < 1.29 is 19.2 Å². The van der Waals surface area contributed by atoms with Crippen LogP contribution < -0.4 is 5.32 Å². The first-order valence-electron chi connectivity index (χ1n) is 8.67. The fourth-order valence-electron chi connectivity index (χ4n) is 3.23. The number of hydrogen-bond donors (Lipinski definition) is 1. The molecule has 1 fully saturated rings. The third-order valence-corrected chi connectivity index (χ3v) is 4.69. The smallest absolute Gasteiger partial charge is 0.264 e. The van der Waals surface area contributed by atoms with E-state index in [1.165, 1.54) is 7.05 Å². The van der Waals surface area contributed by atoms with Gasteiger partial charge in [0.1, 0.15) is 6.04 Å². The van der Waals surface area contributed by atoms with Gasteiger partial charge in [-0.15, -0.1) is 0 Å². The van der Waals surface area contributed by atoms with Crippen molar-refractivity contribution in [3.63, 3.8) is 0 Å². The van der Waals surface area contributed by atoms with Gasteiger partial charge in [-0.3, -0.25) is 29.0 Å². The quantitative estimate of drug-likeness (QED) is 0.835. The number of likely N-dealkylation sites (N-methyl/N-ethyl adjacent to an activating group) is 1. The first kappa shape index (κ1) is 18.1. The molecule has 0 saturated carbocycles. The molecule has 0 aliphatic carbocycles. The van der Waals surface area contributed by atoms with Crippen LogP contribution in [0.3, 0.4) is 0 Å². The second kappa shape index (κ2) is 6.23. The first-order chi connectivity index (χ1) is 12.1. The van der Waals surface area contributed by atoms with E-state index in [4.69, 9.17) is 0 Å². The van der Waals surface area contributed by atoms with Crippen molar-refractivity contribution >= 4 is 29.3 Å². The Hall–Kier alpha value is -2.70. The maximum absolute atomic E-state index is 13.0. The molecule has 1 aromatic rings. The van der Waals surface area contributed by atoms with Crippen molar-refractivity contribution in [2.24, 2.45) is 5.41 Å². The van der Waals surface area contributed by atoms with Gasteiger partial charge in [-0.25, -0.2) is 0 Å². The van der Waals surface area contributed by atoms with Crippen LogP contribution in [0.2, 0.25) is 0 Å². The summed E-state index contributed by atoms with van der Waals surface area (Å²) in [6.07, 6.45) is 0.299. The number of amides is 4. The first-order valence-corrected chi connectivity index (χ1v) is 8.67. The fourth-order valence-corrected chi connectivity index (χ4v) is 3.23. The van der Waals surface area contributed by atoms with E-state index >= 15 is 0 Å². The third kappa shape index (κ3) is 2.98. The van der Waals surface area contributed by atoms with E-state index in [-0.39, 0.29) is 24.2 Å². The van der Waals surface area contributed by atoms with Crippen molar-refractivity contribution in [2.45, 2.75) is 39.7 Å². The molecule has 3 rings (SSSR count). The van der Waals surface area contributed by atoms with Crippen molar-refractivity contribution in [2.75, 3.05) is 18.9 Å². The predicted molar refractivity (Wildman–Crippen MR) is 95.7 cm³/mol. The normalized spacial score (nSPS) is 20.7. The summed E-state index contributed by atoms with van der Waals surface area (Å²) in [5.41, 5.74) is 1.18. The summed E-state index contributed by atoms with van der Waals surface area (Å²) in [4.78, 5) is 52.0. The third-order valence-electron chi connectivity index (χ3n) is 4.69. The Morgan fingerprint density at radius 2 is 1.81 bits per heavy atom. The Bertz CT molecular complexity index is 809. The Labute approximate surface area is 152 Å². The Morgan fingerprint density at radius 1 is 1.12 bits per heavy atom. The maximum atomic E-state index is 13.0. The van der Waals surface area contributed by atoms with Crippen LogP contribution in [0.1, 0.15) is 54.3 Å². The van der Waals surface area contributed by atoms with Crippen LogP contribution >= 0.6 is 0 Å². The minimum absolute atomic E-state index is 0.00349. The van der Waals surface area contributed by atoms with Gasteiger partial charge in [-0.05, 0) is 24.0 Å². The highest BCUT2D eigenvalue weighted by molar-refractivity contribution is 6.25. The van der Waals surface area contributed by atoms with E-state index in [0.717, 1.165) is 9.80 Å². The minimum atomic E-state index is -0.930. The van der Waals surface area contributed by atoms with Gasteiger partial charge in [0, 0.05) is 25.7 Å². The van der Waals surface area contributed by atoms with Crippen LogP contribution in [-0.4, -0.2) is 53.1 Å². The van der Waals surface area contributed by atoms with E-state index in [1.54, 1.807) is 18.2 Å². The molecule has 2 aliphatic heterocycles. The van der Waals surface area contributed by atoms with Gasteiger partial charge >= 0.3 is 0 Å². The van der Waals surface area contributed by atoms with E-state index < -0.39 is 23.8 Å². The number of rotatable bonds is 3. The molecule has 1 N–H and O–H groups in total. The summed E-state index contributed by atoms with van der Waals surface area (Å²) in [6, 6.07) is 4.15. The lowest BCUT2D eigenvalue weighted by molar-refractivity contribution is -0.149. The summed E-state index contributed by atoms with van der Waals surface area (Å²) >= 11 is 0. The van der Waals surface area contributed by atoms with Gasteiger partial charge in [-0.2, -0.15) is 0 Å². The number of nitrogens with one attached hydrogen (secondary N) is 1. The Kier molecular flexibility index (Phi) is 4.34. The number of benzene rings is 1. The average molecular weight is 357 g/mol. The molecule has 2 heterocycles. The highest BCUT2D eigenvalue weighted by Crippen LogP contribution is 2.33. The van der Waals surface area contributed by atoms with E-state index in [2.05, 4.69) is 26.1 Å². The fraction of sp³-hybridized carbons (Fsp3) is 0.474. The van der Waals surface area contributed by atoms with Gasteiger partial charge in [0.25, 0.3) is 17.7 Å². The number of likely N-dealkylation sites (tertiary alicyclic amines) is 1. The van der Waals surface area contributed by atoms with Crippen molar-refractivity contribution in [1.29, 1.82) is 0 Å². The summed E-state index contributed by atoms with van der Waals surface area (Å²) < 4.78 is 0. The predicted octanol–water partition coefficient (Wildman–Crippen LogP) is 1.89. The zero-order chi connectivity index (χ0) is 19.2. The molecule has 7 heteroatoms. The highest BCUT2D eigenvalue weighted by atomic mass is 16.2. The summed E-state index contributed by atoms with van der Waals surface area (Å²) in [5.74, 6) is -1.77. The number of hydrogen-bond acceptors (Lipinski definition) is 5. The molecule has 0 radical (unpaired) electrons. The molecule has 1 unspecified atom stereocenters. The number of imide groups is 2. The zero-order valence-electron chi connectivity index (χ0n) is 15.5. The van der Waals surface area contributed by atoms with Gasteiger partial charge in [-0.1, -0.05) is 26.8 Å². The molecule has 7 nitrogen and oxygen atoms in total. The topological polar surface area (TPSA) is 86.8 Å². The van der Waals surface area contributed by atoms with Crippen molar-refractivity contribution in [3.8, 4) is 0 Å². The largest absolute Gasteiger partial charge is 0.384 e. The molecule has 0 spiro atoms. The van der Waals surface area contributed by atoms with Crippen molar-refractivity contribution in [1.82, 2.24) is 9.80 Å². The van der Waals surface area contributed by atoms with Gasteiger partial charge in [0.05, 0.1) is 11.1 Å². The summed E-state index contributed by atoms with van der Waals surface area (Å²) in [5, 5.41) is 3.24. The molecule has 0 aromatic heterocycles. The number of carbonyl (C=O) groups is 4. The van der Waals surface area contributed by atoms with Crippen LogP contribution in [0, 0.1) is 5.41 Å². The molecule has 1 aromatic carbocycles. The molecule has 1 saturated heterocycles. The lowest BCUT2D eigenvalue weighted by Crippen LogP contribution is -2.54. The molecule has 138 valence electrons. The number of piperidine rings is 1. The number of carbonyl (C=O) groups excluding carboxylic acids is 4. The van der Waals surface area contributed by atoms with Crippen LogP contribution in [0.5, 0.6) is 0 Å². The SMILES string of the molecule is CN1C(=O)CCC(N2C(=O)c3cccc(NCC(C)(C)C)c3C2=O)C1=O. The van der Waals surface area contributed by atoms with Gasteiger partial charge in [0.15, 0.2) is 0 Å². The summed E-state index contributed by atoms with van der Waals surface area (Å²) in [6.45, 7) is 6.83. The second-order valence-corrected chi connectivity index (χ2v) is 7.97. The number of anilines is 1. The number of nitrogens with zero attached hydrogens (tertiary/aromatic N) is 2. The molecular formula is C19H23N3O4. The molecule has 4 amide bonds. The average Bonchev–Trinajstić information content (AvgIpc) is 2.83. The van der Waals surface area contributed by atoms with Crippen LogP contribution in [0.4, 0.5) is 5.69 Å². The van der Waals surface area contributed by atoms with E-state index in [9.17, 15) is 19.2 Å². The standard InChI is InChI=1S/C19H23N3O4/c1-19(2,3)10-20-12-7-5-6-11-15(12)18(26)22(16(11)24)13-8-9-14(23)21(4)17(13)25/h5-7,13,20H,8-10H2,1-4H3. The maximum Gasteiger partial charge on any atom is 0.264 e. The molecule has 0 bridgehead atoms. The second-order valence-electron chi connectivity index (χ2n) is 7.97. The summed E-state index contributed by atoms with van der Waals surface area (Å²) in [7, 11) is 1.38. The van der Waals surface area contributed by atoms with E-state index in [1.807, 2.05) is 0 Å². The highest BCUT2D eigenvalue weighted by Gasteiger charge is 2.47. The number of fused-ring (bicyclic) bond motifs is 1.